The van der Waals surface area contributed by atoms with Crippen LogP contribution in [0.4, 0.5) is 0 Å². The maximum atomic E-state index is 12.5. The number of nitrogens with one attached hydrogen (secondary N) is 1. The Morgan fingerprint density at radius 1 is 1.06 bits per heavy atom. The molecular formula is C24H23Cl2N3O2. The van der Waals surface area contributed by atoms with Gasteiger partial charge in [-0.1, -0.05) is 23.2 Å². The highest BCUT2D eigenvalue weighted by atomic mass is 35.5. The molecule has 1 N–H and O–H groups in total. The topological polar surface area (TPSA) is 60.1 Å². The standard InChI is InChI=1S/C24H23Cl2N3O2/c1-14-9-20(23(30)27-24(2,3)4)28-29(14)13-17-11-19(26)10-16-12-21(31-22(16)17)15-5-7-18(25)8-6-15/h5-12H,13H2,1-4H3,(H,27,30). The van der Waals surface area contributed by atoms with Crippen LogP contribution in [-0.2, 0) is 6.54 Å². The minimum absolute atomic E-state index is 0.200. The lowest BCUT2D eigenvalue weighted by Gasteiger charge is -2.19. The zero-order valence-corrected chi connectivity index (χ0v) is 19.3. The Morgan fingerprint density at radius 2 is 1.77 bits per heavy atom. The zero-order valence-electron chi connectivity index (χ0n) is 17.8. The van der Waals surface area contributed by atoms with Crippen LogP contribution in [-0.4, -0.2) is 21.2 Å². The molecule has 31 heavy (non-hydrogen) atoms. The molecule has 2 aromatic carbocycles. The van der Waals surface area contributed by atoms with Gasteiger partial charge in [0.1, 0.15) is 17.0 Å². The Morgan fingerprint density at radius 3 is 2.45 bits per heavy atom. The number of carbonyl (C=O) groups is 1. The molecule has 2 aromatic heterocycles. The molecule has 160 valence electrons. The molecule has 0 atom stereocenters. The summed E-state index contributed by atoms with van der Waals surface area (Å²) in [5.74, 6) is 0.534. The molecule has 2 heterocycles. The molecule has 7 heteroatoms. The average molecular weight is 456 g/mol. The number of carbonyl (C=O) groups excluding carboxylic acids is 1. The largest absolute Gasteiger partial charge is 0.456 e. The Hall–Kier alpha value is -2.76. The monoisotopic (exact) mass is 455 g/mol. The third kappa shape index (κ3) is 4.78. The summed E-state index contributed by atoms with van der Waals surface area (Å²) in [6.07, 6.45) is 0. The van der Waals surface area contributed by atoms with Gasteiger partial charge >= 0.3 is 0 Å². The fourth-order valence-electron chi connectivity index (χ4n) is 3.41. The van der Waals surface area contributed by atoms with Gasteiger partial charge in [0.2, 0.25) is 0 Å². The summed E-state index contributed by atoms with van der Waals surface area (Å²) in [6.45, 7) is 8.16. The summed E-state index contributed by atoms with van der Waals surface area (Å²) in [7, 11) is 0. The van der Waals surface area contributed by atoms with Gasteiger partial charge in [0, 0.05) is 37.8 Å². The highest BCUT2D eigenvalue weighted by molar-refractivity contribution is 6.31. The molecule has 0 aliphatic carbocycles. The third-order valence-corrected chi connectivity index (χ3v) is 5.28. The highest BCUT2D eigenvalue weighted by Gasteiger charge is 2.19. The van der Waals surface area contributed by atoms with Crippen LogP contribution >= 0.6 is 23.2 Å². The normalized spacial score (nSPS) is 11.8. The number of furan rings is 1. The van der Waals surface area contributed by atoms with Crippen molar-refractivity contribution in [3.05, 3.63) is 75.5 Å². The Balaban J connectivity index is 1.69. The molecule has 0 spiro atoms. The first-order valence-electron chi connectivity index (χ1n) is 9.94. The van der Waals surface area contributed by atoms with E-state index < -0.39 is 0 Å². The minimum atomic E-state index is -0.333. The second-order valence-electron chi connectivity index (χ2n) is 8.63. The molecule has 0 aliphatic heterocycles. The number of halogens is 2. The minimum Gasteiger partial charge on any atom is -0.456 e. The van der Waals surface area contributed by atoms with E-state index >= 15 is 0 Å². The fourth-order valence-corrected chi connectivity index (χ4v) is 3.78. The van der Waals surface area contributed by atoms with Gasteiger partial charge in [0.05, 0.1) is 6.54 Å². The number of aromatic nitrogens is 2. The first-order valence-corrected chi connectivity index (χ1v) is 10.7. The van der Waals surface area contributed by atoms with E-state index in [2.05, 4.69) is 10.4 Å². The van der Waals surface area contributed by atoms with E-state index in [1.165, 1.54) is 0 Å². The average Bonchev–Trinajstić information content (AvgIpc) is 3.25. The summed E-state index contributed by atoms with van der Waals surface area (Å²) in [6, 6.07) is 15.0. The molecular weight excluding hydrogens is 433 g/mol. The molecule has 5 nitrogen and oxygen atoms in total. The van der Waals surface area contributed by atoms with Crippen molar-refractivity contribution >= 4 is 40.1 Å². The number of hydrogen-bond acceptors (Lipinski definition) is 3. The van der Waals surface area contributed by atoms with Gasteiger partial charge in [-0.25, -0.2) is 0 Å². The van der Waals surface area contributed by atoms with Gasteiger partial charge in [-0.15, -0.1) is 0 Å². The maximum Gasteiger partial charge on any atom is 0.272 e. The van der Waals surface area contributed by atoms with Crippen LogP contribution in [0.15, 0.2) is 52.9 Å². The van der Waals surface area contributed by atoms with Crippen LogP contribution in [0.25, 0.3) is 22.3 Å². The summed E-state index contributed by atoms with van der Waals surface area (Å²) >= 11 is 12.4. The number of hydrogen-bond donors (Lipinski definition) is 1. The lowest BCUT2D eigenvalue weighted by molar-refractivity contribution is 0.0913. The van der Waals surface area contributed by atoms with Crippen LogP contribution in [0.5, 0.6) is 0 Å². The highest BCUT2D eigenvalue weighted by Crippen LogP contribution is 2.33. The van der Waals surface area contributed by atoms with Crippen LogP contribution in [0.1, 0.15) is 42.5 Å². The first-order chi connectivity index (χ1) is 14.6. The summed E-state index contributed by atoms with van der Waals surface area (Å²) in [5.41, 5.74) is 3.48. The van der Waals surface area contributed by atoms with Crippen molar-refractivity contribution < 1.29 is 9.21 Å². The second-order valence-corrected chi connectivity index (χ2v) is 9.51. The van der Waals surface area contributed by atoms with Crippen molar-refractivity contribution in [3.63, 3.8) is 0 Å². The number of aryl methyl sites for hydroxylation is 1. The van der Waals surface area contributed by atoms with E-state index in [0.29, 0.717) is 22.3 Å². The molecule has 0 saturated carbocycles. The van der Waals surface area contributed by atoms with E-state index in [4.69, 9.17) is 27.6 Å². The van der Waals surface area contributed by atoms with Gasteiger partial charge in [0.25, 0.3) is 5.91 Å². The third-order valence-electron chi connectivity index (χ3n) is 4.81. The van der Waals surface area contributed by atoms with Crippen LogP contribution in [0, 0.1) is 6.92 Å². The van der Waals surface area contributed by atoms with E-state index in [-0.39, 0.29) is 11.4 Å². The predicted molar refractivity (Wildman–Crippen MR) is 125 cm³/mol. The Bertz CT molecular complexity index is 1260. The molecule has 0 radical (unpaired) electrons. The van der Waals surface area contributed by atoms with Gasteiger partial charge in [-0.05, 0) is 76.2 Å². The second kappa shape index (κ2) is 8.06. The van der Waals surface area contributed by atoms with E-state index in [1.54, 1.807) is 10.7 Å². The number of nitrogens with zero attached hydrogens (tertiary/aromatic N) is 2. The lowest BCUT2D eigenvalue weighted by atomic mass is 10.1. The summed E-state index contributed by atoms with van der Waals surface area (Å²) < 4.78 is 7.98. The smallest absolute Gasteiger partial charge is 0.272 e. The van der Waals surface area contributed by atoms with E-state index in [1.807, 2.05) is 70.2 Å². The summed E-state index contributed by atoms with van der Waals surface area (Å²) in [4.78, 5) is 12.5. The van der Waals surface area contributed by atoms with E-state index in [9.17, 15) is 4.79 Å². The van der Waals surface area contributed by atoms with E-state index in [0.717, 1.165) is 33.6 Å². The van der Waals surface area contributed by atoms with Gasteiger partial charge in [-0.2, -0.15) is 5.10 Å². The SMILES string of the molecule is Cc1cc(C(=O)NC(C)(C)C)nn1Cc1cc(Cl)cc2cc(-c3ccc(Cl)cc3)oc12. The molecule has 0 unspecified atom stereocenters. The van der Waals surface area contributed by atoms with Crippen molar-refractivity contribution in [2.24, 2.45) is 0 Å². The molecule has 0 fully saturated rings. The van der Waals surface area contributed by atoms with Crippen LogP contribution in [0.2, 0.25) is 10.0 Å². The maximum absolute atomic E-state index is 12.5. The van der Waals surface area contributed by atoms with Gasteiger partial charge < -0.3 is 9.73 Å². The van der Waals surface area contributed by atoms with Crippen molar-refractivity contribution in [1.29, 1.82) is 0 Å². The van der Waals surface area contributed by atoms with Crippen LogP contribution < -0.4 is 5.32 Å². The molecule has 4 rings (SSSR count). The molecule has 0 saturated heterocycles. The molecule has 4 aromatic rings. The Labute approximate surface area is 191 Å². The number of benzene rings is 2. The predicted octanol–water partition coefficient (Wildman–Crippen LogP) is 6.49. The Kier molecular flexibility index (Phi) is 5.58. The first kappa shape index (κ1) is 21.5. The number of fused-ring (bicyclic) bond motifs is 1. The molecule has 1 amide bonds. The van der Waals surface area contributed by atoms with Crippen molar-refractivity contribution in [1.82, 2.24) is 15.1 Å². The summed E-state index contributed by atoms with van der Waals surface area (Å²) in [5, 5.41) is 9.63. The van der Waals surface area contributed by atoms with Crippen LogP contribution in [0.3, 0.4) is 0 Å². The zero-order chi connectivity index (χ0) is 22.3. The number of amides is 1. The lowest BCUT2D eigenvalue weighted by Crippen LogP contribution is -2.40. The van der Waals surface area contributed by atoms with Crippen molar-refractivity contribution in [2.45, 2.75) is 39.8 Å². The molecule has 0 aliphatic rings. The molecule has 0 bridgehead atoms. The quantitative estimate of drug-likeness (QED) is 0.382. The van der Waals surface area contributed by atoms with Crippen molar-refractivity contribution in [2.75, 3.05) is 0 Å². The number of rotatable bonds is 4. The fraction of sp³-hybridized carbons (Fsp3) is 0.250. The van der Waals surface area contributed by atoms with Crippen molar-refractivity contribution in [3.8, 4) is 11.3 Å². The van der Waals surface area contributed by atoms with Gasteiger partial charge in [-0.3, -0.25) is 9.48 Å². The van der Waals surface area contributed by atoms with Gasteiger partial charge in [0.15, 0.2) is 0 Å².